The van der Waals surface area contributed by atoms with Gasteiger partial charge in [0, 0.05) is 40.4 Å². The molecule has 3 aromatic carbocycles. The number of benzene rings is 3. The zero-order chi connectivity index (χ0) is 27.3. The van der Waals surface area contributed by atoms with E-state index < -0.39 is 22.5 Å². The van der Waals surface area contributed by atoms with Crippen LogP contribution in [0.15, 0.2) is 77.8 Å². The molecule has 0 spiro atoms. The van der Waals surface area contributed by atoms with Gasteiger partial charge in [-0.05, 0) is 73.2 Å². The lowest BCUT2D eigenvalue weighted by Crippen LogP contribution is -2.42. The molecule has 2 N–H and O–H groups in total. The quantitative estimate of drug-likeness (QED) is 0.251. The van der Waals surface area contributed by atoms with Crippen LogP contribution in [-0.4, -0.2) is 46.1 Å². The maximum Gasteiger partial charge on any atom is 0.268 e. The number of fused-ring (bicyclic) bond motifs is 1. The third kappa shape index (κ3) is 6.30. The Balaban J connectivity index is 1.49. The number of nitrogens with one attached hydrogen (secondary N) is 2. The topological polar surface area (TPSA) is 101 Å². The fourth-order valence-corrected chi connectivity index (χ4v) is 5.84. The maximum atomic E-state index is 13.8. The Labute approximate surface area is 231 Å². The number of carbonyl (C=O) groups is 1. The Kier molecular flexibility index (Phi) is 8.61. The molecular formula is C27H26Cl2N4O4S. The van der Waals surface area contributed by atoms with E-state index in [0.29, 0.717) is 22.3 Å². The number of anilines is 2. The highest BCUT2D eigenvalue weighted by Crippen LogP contribution is 2.31. The summed E-state index contributed by atoms with van der Waals surface area (Å²) in [5.74, 6) is -0.284. The van der Waals surface area contributed by atoms with Crippen LogP contribution in [0.2, 0.25) is 10.0 Å². The van der Waals surface area contributed by atoms with Crippen molar-refractivity contribution in [1.29, 1.82) is 0 Å². The number of rotatable bonds is 10. The average molecular weight is 574 g/mol. The first-order chi connectivity index (χ1) is 18.2. The lowest BCUT2D eigenvalue weighted by Gasteiger charge is -2.25. The van der Waals surface area contributed by atoms with Gasteiger partial charge in [0.1, 0.15) is 17.2 Å². The Morgan fingerprint density at radius 3 is 2.45 bits per heavy atom. The molecule has 0 aliphatic carbocycles. The standard InChI is InChI=1S/C27H26Cl2N4O4S/c1-18-3-10-25(37-2)26(15-18)38(35,36)33(21-7-4-19(28)5-8-21)17-27(34)32-14-13-31-23-11-12-30-24-16-20(29)6-9-22(23)24/h3-12,15-16H,13-14,17H2,1-2H3,(H,30,31)(H,32,34). The number of amides is 1. The number of halogens is 2. The van der Waals surface area contributed by atoms with E-state index in [1.165, 1.54) is 13.2 Å². The normalized spacial score (nSPS) is 11.3. The van der Waals surface area contributed by atoms with Crippen LogP contribution in [0.1, 0.15) is 5.56 Å². The van der Waals surface area contributed by atoms with E-state index in [9.17, 15) is 13.2 Å². The van der Waals surface area contributed by atoms with E-state index in [-0.39, 0.29) is 17.2 Å². The van der Waals surface area contributed by atoms with Gasteiger partial charge in [-0.25, -0.2) is 8.42 Å². The number of carbonyl (C=O) groups excluding carboxylic acids is 1. The van der Waals surface area contributed by atoms with Crippen LogP contribution in [0.4, 0.5) is 11.4 Å². The molecule has 0 bridgehead atoms. The molecule has 1 heterocycles. The van der Waals surface area contributed by atoms with Gasteiger partial charge in [-0.1, -0.05) is 29.3 Å². The van der Waals surface area contributed by atoms with Gasteiger partial charge < -0.3 is 15.4 Å². The van der Waals surface area contributed by atoms with Gasteiger partial charge in [0.25, 0.3) is 10.0 Å². The van der Waals surface area contributed by atoms with Crippen LogP contribution < -0.4 is 19.7 Å². The van der Waals surface area contributed by atoms with Crippen molar-refractivity contribution in [3.8, 4) is 5.75 Å². The van der Waals surface area contributed by atoms with Crippen molar-refractivity contribution < 1.29 is 17.9 Å². The molecule has 11 heteroatoms. The van der Waals surface area contributed by atoms with Crippen LogP contribution >= 0.6 is 23.2 Å². The van der Waals surface area contributed by atoms with Gasteiger partial charge in [0.05, 0.1) is 18.3 Å². The molecule has 38 heavy (non-hydrogen) atoms. The third-order valence-corrected chi connectivity index (χ3v) is 8.04. The highest BCUT2D eigenvalue weighted by atomic mass is 35.5. The first-order valence-electron chi connectivity index (χ1n) is 11.7. The Bertz CT molecular complexity index is 1560. The SMILES string of the molecule is COc1ccc(C)cc1S(=O)(=O)N(CC(=O)NCCNc1ccnc2cc(Cl)ccc12)c1ccc(Cl)cc1. The number of hydrogen-bond acceptors (Lipinski definition) is 6. The fourth-order valence-electron chi connectivity index (χ4n) is 3.89. The summed E-state index contributed by atoms with van der Waals surface area (Å²) in [4.78, 5) is 17.2. The average Bonchev–Trinajstić information content (AvgIpc) is 2.90. The van der Waals surface area contributed by atoms with Crippen LogP contribution in [0.25, 0.3) is 10.9 Å². The second-order valence-corrected chi connectivity index (χ2v) is 11.1. The molecule has 0 fully saturated rings. The van der Waals surface area contributed by atoms with Crippen LogP contribution in [-0.2, 0) is 14.8 Å². The predicted octanol–water partition coefficient (Wildman–Crippen LogP) is 5.28. The number of sulfonamides is 1. The maximum absolute atomic E-state index is 13.8. The lowest BCUT2D eigenvalue weighted by molar-refractivity contribution is -0.119. The lowest BCUT2D eigenvalue weighted by atomic mass is 10.2. The third-order valence-electron chi connectivity index (χ3n) is 5.76. The van der Waals surface area contributed by atoms with Gasteiger partial charge in [0.15, 0.2) is 0 Å². The van der Waals surface area contributed by atoms with Crippen molar-refractivity contribution >= 4 is 61.4 Å². The van der Waals surface area contributed by atoms with E-state index in [1.807, 2.05) is 12.1 Å². The van der Waals surface area contributed by atoms with Crippen molar-refractivity contribution in [3.05, 3.63) is 88.5 Å². The Hall–Kier alpha value is -3.53. The highest BCUT2D eigenvalue weighted by Gasteiger charge is 2.30. The van der Waals surface area contributed by atoms with E-state index in [4.69, 9.17) is 27.9 Å². The highest BCUT2D eigenvalue weighted by molar-refractivity contribution is 7.93. The first-order valence-corrected chi connectivity index (χ1v) is 13.9. The van der Waals surface area contributed by atoms with E-state index >= 15 is 0 Å². The number of aryl methyl sites for hydroxylation is 1. The molecule has 0 atom stereocenters. The van der Waals surface area contributed by atoms with Crippen molar-refractivity contribution in [1.82, 2.24) is 10.3 Å². The van der Waals surface area contributed by atoms with Gasteiger partial charge in [0.2, 0.25) is 5.91 Å². The number of nitrogens with zero attached hydrogens (tertiary/aromatic N) is 2. The van der Waals surface area contributed by atoms with E-state index in [0.717, 1.165) is 26.5 Å². The Morgan fingerprint density at radius 2 is 1.71 bits per heavy atom. The number of methoxy groups -OCH3 is 1. The molecule has 1 amide bonds. The minimum Gasteiger partial charge on any atom is -0.495 e. The fraction of sp³-hybridized carbons (Fsp3) is 0.185. The van der Waals surface area contributed by atoms with E-state index in [1.54, 1.807) is 61.7 Å². The van der Waals surface area contributed by atoms with Gasteiger partial charge in [-0.15, -0.1) is 0 Å². The number of aromatic nitrogens is 1. The Morgan fingerprint density at radius 1 is 0.974 bits per heavy atom. The van der Waals surface area contributed by atoms with Crippen LogP contribution in [0.3, 0.4) is 0 Å². The van der Waals surface area contributed by atoms with Crippen molar-refractivity contribution in [3.63, 3.8) is 0 Å². The number of pyridine rings is 1. The summed E-state index contributed by atoms with van der Waals surface area (Å²) in [6, 6.07) is 18.4. The summed E-state index contributed by atoms with van der Waals surface area (Å²) in [7, 11) is -2.76. The molecule has 198 valence electrons. The summed E-state index contributed by atoms with van der Waals surface area (Å²) in [5.41, 5.74) is 2.63. The molecule has 8 nitrogen and oxygen atoms in total. The first kappa shape index (κ1) is 27.5. The van der Waals surface area contributed by atoms with E-state index in [2.05, 4.69) is 15.6 Å². The van der Waals surface area contributed by atoms with Gasteiger partial charge in [-0.2, -0.15) is 0 Å². The molecule has 4 rings (SSSR count). The summed E-state index contributed by atoms with van der Waals surface area (Å²) < 4.78 is 33.9. The largest absolute Gasteiger partial charge is 0.495 e. The minimum atomic E-state index is -4.16. The molecule has 0 aliphatic heterocycles. The molecule has 0 saturated carbocycles. The molecule has 0 unspecified atom stereocenters. The van der Waals surface area contributed by atoms with Crippen molar-refractivity contribution in [2.24, 2.45) is 0 Å². The predicted molar refractivity (Wildman–Crippen MR) is 152 cm³/mol. The molecular weight excluding hydrogens is 547 g/mol. The molecule has 1 aromatic heterocycles. The monoisotopic (exact) mass is 572 g/mol. The van der Waals surface area contributed by atoms with Crippen LogP contribution in [0, 0.1) is 6.92 Å². The molecule has 0 aliphatic rings. The summed E-state index contributed by atoms with van der Waals surface area (Å²) in [5, 5.41) is 7.99. The van der Waals surface area contributed by atoms with Crippen LogP contribution in [0.5, 0.6) is 5.75 Å². The zero-order valence-corrected chi connectivity index (χ0v) is 23.1. The van der Waals surface area contributed by atoms with Gasteiger partial charge in [-0.3, -0.25) is 14.1 Å². The summed E-state index contributed by atoms with van der Waals surface area (Å²) in [6.45, 7) is 2.02. The number of hydrogen-bond donors (Lipinski definition) is 2. The molecule has 0 saturated heterocycles. The zero-order valence-electron chi connectivity index (χ0n) is 20.7. The number of ether oxygens (including phenoxy) is 1. The second-order valence-electron chi connectivity index (χ2n) is 8.44. The summed E-state index contributed by atoms with van der Waals surface area (Å²) >= 11 is 12.1. The second kappa shape index (κ2) is 11.9. The molecule has 0 radical (unpaired) electrons. The minimum absolute atomic E-state index is 0.0333. The van der Waals surface area contributed by atoms with Crippen molar-refractivity contribution in [2.45, 2.75) is 11.8 Å². The molecule has 4 aromatic rings. The van der Waals surface area contributed by atoms with Crippen molar-refractivity contribution in [2.75, 3.05) is 36.4 Å². The smallest absolute Gasteiger partial charge is 0.268 e. The van der Waals surface area contributed by atoms with Gasteiger partial charge >= 0.3 is 0 Å². The summed E-state index contributed by atoms with van der Waals surface area (Å²) in [6.07, 6.45) is 1.67.